The van der Waals surface area contributed by atoms with E-state index in [1.54, 1.807) is 0 Å². The van der Waals surface area contributed by atoms with Crippen molar-refractivity contribution in [3.05, 3.63) is 18.2 Å². The molecule has 0 amide bonds. The number of aromatic nitrogens is 2. The van der Waals surface area contributed by atoms with Crippen LogP contribution in [-0.2, 0) is 0 Å². The summed E-state index contributed by atoms with van der Waals surface area (Å²) in [4.78, 5) is 4.72. The molecule has 1 aromatic rings. The van der Waals surface area contributed by atoms with Gasteiger partial charge in [0.25, 0.3) is 0 Å². The third-order valence-corrected chi connectivity index (χ3v) is 5.16. The van der Waals surface area contributed by atoms with Crippen molar-refractivity contribution in [2.45, 2.75) is 117 Å². The van der Waals surface area contributed by atoms with Gasteiger partial charge in [-0.3, -0.25) is 0 Å². The maximum Gasteiger partial charge on any atom is 0.111 e. The van der Waals surface area contributed by atoms with Crippen LogP contribution in [0.2, 0.25) is 0 Å². The quantitative estimate of drug-likeness (QED) is 0.330. The summed E-state index contributed by atoms with van der Waals surface area (Å²) in [5, 5.41) is 0. The summed E-state index contributed by atoms with van der Waals surface area (Å²) in [7, 11) is 0. The summed E-state index contributed by atoms with van der Waals surface area (Å²) in [6, 6.07) is 0.596. The van der Waals surface area contributed by atoms with Crippen LogP contribution in [0.15, 0.2) is 12.4 Å². The first kappa shape index (κ1) is 20.3. The van der Waals surface area contributed by atoms with E-state index in [4.69, 9.17) is 4.98 Å². The minimum absolute atomic E-state index is 0.596. The Hall–Kier alpha value is -0.790. The molecule has 0 aromatic carbocycles. The summed E-state index contributed by atoms with van der Waals surface area (Å²) < 4.78 is 2.46. The minimum Gasteiger partial charge on any atom is -0.332 e. The second-order valence-electron chi connectivity index (χ2n) is 7.20. The van der Waals surface area contributed by atoms with Crippen molar-refractivity contribution in [2.24, 2.45) is 0 Å². The van der Waals surface area contributed by atoms with Crippen LogP contribution in [0.4, 0.5) is 0 Å². The molecule has 2 nitrogen and oxygen atoms in total. The molecule has 1 rings (SSSR count). The van der Waals surface area contributed by atoms with Gasteiger partial charge in [-0.25, -0.2) is 4.98 Å². The van der Waals surface area contributed by atoms with E-state index in [-0.39, 0.29) is 0 Å². The monoisotopic (exact) mass is 320 g/mol. The van der Waals surface area contributed by atoms with Gasteiger partial charge in [0.1, 0.15) is 5.82 Å². The highest BCUT2D eigenvalue weighted by Crippen LogP contribution is 2.28. The van der Waals surface area contributed by atoms with E-state index in [9.17, 15) is 0 Å². The Morgan fingerprint density at radius 2 is 1.48 bits per heavy atom. The fourth-order valence-electron chi connectivity index (χ4n) is 3.53. The number of imidazole rings is 1. The summed E-state index contributed by atoms with van der Waals surface area (Å²) in [5.74, 6) is 1.98. The summed E-state index contributed by atoms with van der Waals surface area (Å²) >= 11 is 0. The van der Waals surface area contributed by atoms with Crippen molar-refractivity contribution in [2.75, 3.05) is 0 Å². The first-order valence-corrected chi connectivity index (χ1v) is 10.3. The van der Waals surface area contributed by atoms with Gasteiger partial charge >= 0.3 is 0 Å². The molecule has 134 valence electrons. The van der Waals surface area contributed by atoms with E-state index < -0.39 is 0 Å². The molecule has 1 heterocycles. The molecule has 2 unspecified atom stereocenters. The first-order valence-electron chi connectivity index (χ1n) is 10.3. The first-order chi connectivity index (χ1) is 11.2. The molecule has 2 heteroatoms. The summed E-state index contributed by atoms with van der Waals surface area (Å²) in [6.45, 7) is 9.25. The Kier molecular flexibility index (Phi) is 11.1. The standard InChI is InChI=1S/C21H40N2/c1-5-8-10-11-12-14-15-19(4)23-18-17-22-21(23)20(7-3)16-13-9-6-2/h17-20H,5-16H2,1-4H3. The molecule has 0 aliphatic rings. The molecule has 0 radical (unpaired) electrons. The van der Waals surface area contributed by atoms with Crippen LogP contribution in [0.5, 0.6) is 0 Å². The molecular formula is C21H40N2. The Bertz CT molecular complexity index is 383. The summed E-state index contributed by atoms with van der Waals surface area (Å²) in [5.41, 5.74) is 0. The third kappa shape index (κ3) is 7.54. The van der Waals surface area contributed by atoms with E-state index in [0.717, 1.165) is 0 Å². The fourth-order valence-corrected chi connectivity index (χ4v) is 3.53. The van der Waals surface area contributed by atoms with Crippen LogP contribution >= 0.6 is 0 Å². The van der Waals surface area contributed by atoms with Gasteiger partial charge in [-0.1, -0.05) is 78.6 Å². The van der Waals surface area contributed by atoms with E-state index in [0.29, 0.717) is 12.0 Å². The van der Waals surface area contributed by atoms with Crippen LogP contribution in [-0.4, -0.2) is 9.55 Å². The lowest BCUT2D eigenvalue weighted by Gasteiger charge is -2.21. The molecule has 0 bridgehead atoms. The van der Waals surface area contributed by atoms with Crippen molar-refractivity contribution >= 4 is 0 Å². The molecule has 1 aromatic heterocycles. The number of hydrogen-bond acceptors (Lipinski definition) is 1. The Balaban J connectivity index is 2.44. The number of unbranched alkanes of at least 4 members (excludes halogenated alkanes) is 7. The molecule has 0 N–H and O–H groups in total. The fraction of sp³-hybridized carbons (Fsp3) is 0.857. The van der Waals surface area contributed by atoms with Crippen molar-refractivity contribution < 1.29 is 0 Å². The minimum atomic E-state index is 0.596. The van der Waals surface area contributed by atoms with Gasteiger partial charge in [0.2, 0.25) is 0 Å². The number of hydrogen-bond donors (Lipinski definition) is 0. The molecule has 0 saturated heterocycles. The maximum absolute atomic E-state index is 4.72. The predicted molar refractivity (Wildman–Crippen MR) is 102 cm³/mol. The van der Waals surface area contributed by atoms with Gasteiger partial charge < -0.3 is 4.57 Å². The lowest BCUT2D eigenvalue weighted by Crippen LogP contribution is -2.12. The molecule has 0 spiro atoms. The van der Waals surface area contributed by atoms with Gasteiger partial charge in [-0.2, -0.15) is 0 Å². The molecule has 0 aliphatic heterocycles. The van der Waals surface area contributed by atoms with E-state index in [2.05, 4.69) is 38.5 Å². The lowest BCUT2D eigenvalue weighted by molar-refractivity contribution is 0.427. The highest BCUT2D eigenvalue weighted by Gasteiger charge is 2.17. The zero-order chi connectivity index (χ0) is 16.9. The Morgan fingerprint density at radius 3 is 2.17 bits per heavy atom. The molecule has 2 atom stereocenters. The molecule has 0 fully saturated rings. The zero-order valence-corrected chi connectivity index (χ0v) is 16.2. The summed E-state index contributed by atoms with van der Waals surface area (Å²) in [6.07, 6.45) is 20.3. The van der Waals surface area contributed by atoms with Crippen molar-refractivity contribution in [3.63, 3.8) is 0 Å². The second kappa shape index (κ2) is 12.6. The van der Waals surface area contributed by atoms with Gasteiger partial charge in [0.15, 0.2) is 0 Å². The topological polar surface area (TPSA) is 17.8 Å². The normalized spacial score (nSPS) is 14.1. The van der Waals surface area contributed by atoms with Crippen LogP contribution in [0, 0.1) is 0 Å². The average molecular weight is 321 g/mol. The van der Waals surface area contributed by atoms with E-state index in [1.807, 2.05) is 6.20 Å². The van der Waals surface area contributed by atoms with Crippen LogP contribution in [0.25, 0.3) is 0 Å². The SMILES string of the molecule is CCCCCCCCC(C)n1ccnc1C(CC)CCCCC. The van der Waals surface area contributed by atoms with E-state index in [1.165, 1.54) is 82.9 Å². The number of nitrogens with zero attached hydrogens (tertiary/aromatic N) is 2. The molecular weight excluding hydrogens is 280 g/mol. The van der Waals surface area contributed by atoms with Gasteiger partial charge in [0, 0.05) is 24.4 Å². The molecule has 23 heavy (non-hydrogen) atoms. The zero-order valence-electron chi connectivity index (χ0n) is 16.2. The van der Waals surface area contributed by atoms with Crippen molar-refractivity contribution in [1.82, 2.24) is 9.55 Å². The Labute approximate surface area is 145 Å². The Morgan fingerprint density at radius 1 is 0.870 bits per heavy atom. The maximum atomic E-state index is 4.72. The van der Waals surface area contributed by atoms with Gasteiger partial charge in [-0.15, -0.1) is 0 Å². The molecule has 0 aliphatic carbocycles. The van der Waals surface area contributed by atoms with Crippen molar-refractivity contribution in [1.29, 1.82) is 0 Å². The lowest BCUT2D eigenvalue weighted by atomic mass is 9.97. The second-order valence-corrected chi connectivity index (χ2v) is 7.20. The predicted octanol–water partition coefficient (Wildman–Crippen LogP) is 7.27. The molecule has 0 saturated carbocycles. The van der Waals surface area contributed by atoms with Crippen molar-refractivity contribution in [3.8, 4) is 0 Å². The van der Waals surface area contributed by atoms with Gasteiger partial charge in [0.05, 0.1) is 0 Å². The highest BCUT2D eigenvalue weighted by atomic mass is 15.1. The highest BCUT2D eigenvalue weighted by molar-refractivity contribution is 5.02. The number of rotatable bonds is 14. The largest absolute Gasteiger partial charge is 0.332 e. The van der Waals surface area contributed by atoms with E-state index >= 15 is 0 Å². The van der Waals surface area contributed by atoms with Crippen LogP contribution in [0.1, 0.15) is 123 Å². The van der Waals surface area contributed by atoms with Crippen LogP contribution < -0.4 is 0 Å². The average Bonchev–Trinajstić information content (AvgIpc) is 3.04. The smallest absolute Gasteiger partial charge is 0.111 e. The van der Waals surface area contributed by atoms with Crippen LogP contribution in [0.3, 0.4) is 0 Å². The third-order valence-electron chi connectivity index (χ3n) is 5.16. The van der Waals surface area contributed by atoms with Gasteiger partial charge in [-0.05, 0) is 26.2 Å².